The maximum Gasteiger partial charge on any atom is 0.321 e. The van der Waals surface area contributed by atoms with Gasteiger partial charge in [-0.15, -0.1) is 0 Å². The van der Waals surface area contributed by atoms with Crippen LogP contribution in [0.25, 0.3) is 0 Å². The normalized spacial score (nSPS) is 11.7. The third-order valence-electron chi connectivity index (χ3n) is 3.44. The smallest absolute Gasteiger partial charge is 0.321 e. The van der Waals surface area contributed by atoms with Crippen LogP contribution in [0.15, 0.2) is 48.5 Å². The van der Waals surface area contributed by atoms with Crippen molar-refractivity contribution >= 4 is 11.9 Å². The molecule has 0 amide bonds. The van der Waals surface area contributed by atoms with Gasteiger partial charge in [0, 0.05) is 19.0 Å². The average molecular weight is 329 g/mol. The van der Waals surface area contributed by atoms with Gasteiger partial charge in [-0.25, -0.2) is 0 Å². The summed E-state index contributed by atoms with van der Waals surface area (Å²) in [4.78, 5) is 22.6. The van der Waals surface area contributed by atoms with E-state index in [0.29, 0.717) is 11.3 Å². The molecule has 3 N–H and O–H groups in total. The Bertz CT molecular complexity index is 712. The zero-order chi connectivity index (χ0) is 17.5. The summed E-state index contributed by atoms with van der Waals surface area (Å²) in [7, 11) is 0. The van der Waals surface area contributed by atoms with E-state index in [4.69, 9.17) is 4.74 Å². The minimum atomic E-state index is -0.979. The Balaban J connectivity index is 2.05. The molecular weight excluding hydrogens is 310 g/mol. The van der Waals surface area contributed by atoms with E-state index in [1.807, 2.05) is 0 Å². The Hall–Kier alpha value is -2.86. The fourth-order valence-electron chi connectivity index (χ4n) is 2.25. The van der Waals surface area contributed by atoms with Crippen LogP contribution in [-0.2, 0) is 22.6 Å². The van der Waals surface area contributed by atoms with E-state index in [0.717, 1.165) is 5.56 Å². The molecule has 2 aromatic rings. The molecule has 0 radical (unpaired) electrons. The molecule has 0 aliphatic heterocycles. The number of aromatic hydroxyl groups is 1. The molecule has 6 nitrogen and oxygen atoms in total. The van der Waals surface area contributed by atoms with Crippen LogP contribution in [0.1, 0.15) is 18.1 Å². The highest BCUT2D eigenvalue weighted by molar-refractivity contribution is 5.74. The summed E-state index contributed by atoms with van der Waals surface area (Å²) >= 11 is 0. The van der Waals surface area contributed by atoms with Crippen LogP contribution in [0.4, 0.5) is 0 Å². The molecule has 0 aromatic heterocycles. The largest absolute Gasteiger partial charge is 0.508 e. The molecule has 126 valence electrons. The second kappa shape index (κ2) is 8.12. The van der Waals surface area contributed by atoms with E-state index >= 15 is 0 Å². The number of nitrogens with one attached hydrogen (secondary N) is 1. The summed E-state index contributed by atoms with van der Waals surface area (Å²) in [5.74, 6) is -0.866. The molecular formula is C18H19NO5. The van der Waals surface area contributed by atoms with Gasteiger partial charge in [-0.1, -0.05) is 30.3 Å². The Morgan fingerprint density at radius 2 is 1.79 bits per heavy atom. The summed E-state index contributed by atoms with van der Waals surface area (Å²) < 4.78 is 5.12. The molecule has 2 aromatic carbocycles. The van der Waals surface area contributed by atoms with E-state index in [9.17, 15) is 19.8 Å². The highest BCUT2D eigenvalue weighted by Gasteiger charge is 2.18. The van der Waals surface area contributed by atoms with Gasteiger partial charge in [-0.2, -0.15) is 0 Å². The van der Waals surface area contributed by atoms with Crippen molar-refractivity contribution < 1.29 is 24.5 Å². The molecule has 6 heteroatoms. The zero-order valence-corrected chi connectivity index (χ0v) is 13.2. The Morgan fingerprint density at radius 1 is 1.12 bits per heavy atom. The first-order valence-electron chi connectivity index (χ1n) is 7.46. The second-order valence-electron chi connectivity index (χ2n) is 5.34. The van der Waals surface area contributed by atoms with Gasteiger partial charge in [-0.3, -0.25) is 14.9 Å². The lowest BCUT2D eigenvalue weighted by Crippen LogP contribution is -2.38. The molecule has 0 heterocycles. The van der Waals surface area contributed by atoms with Gasteiger partial charge in [0.25, 0.3) is 0 Å². The summed E-state index contributed by atoms with van der Waals surface area (Å²) in [5.41, 5.74) is 1.49. The highest BCUT2D eigenvalue weighted by Crippen LogP contribution is 2.18. The number of phenols is 1. The van der Waals surface area contributed by atoms with Crippen LogP contribution in [0.3, 0.4) is 0 Å². The predicted octanol–water partition coefficient (Wildman–Crippen LogP) is 2.10. The second-order valence-corrected chi connectivity index (χ2v) is 5.34. The van der Waals surface area contributed by atoms with Gasteiger partial charge in [-0.05, 0) is 30.2 Å². The van der Waals surface area contributed by atoms with Gasteiger partial charge in [0.2, 0.25) is 0 Å². The first kappa shape index (κ1) is 17.5. The molecule has 0 fully saturated rings. The Morgan fingerprint density at radius 3 is 2.42 bits per heavy atom. The number of carboxylic acids is 1. The minimum absolute atomic E-state index is 0.133. The van der Waals surface area contributed by atoms with Crippen molar-refractivity contribution in [3.63, 3.8) is 0 Å². The number of hydrogen-bond donors (Lipinski definition) is 3. The topological polar surface area (TPSA) is 95.9 Å². The number of rotatable bonds is 7. The molecule has 24 heavy (non-hydrogen) atoms. The van der Waals surface area contributed by atoms with Crippen LogP contribution in [0.2, 0.25) is 0 Å². The van der Waals surface area contributed by atoms with Crippen molar-refractivity contribution in [1.29, 1.82) is 0 Å². The first-order valence-corrected chi connectivity index (χ1v) is 7.46. The lowest BCUT2D eigenvalue weighted by Gasteiger charge is -2.16. The maximum atomic E-state index is 11.5. The van der Waals surface area contributed by atoms with E-state index in [-0.39, 0.29) is 18.7 Å². The number of carbonyl (C=O) groups is 2. The van der Waals surface area contributed by atoms with Crippen LogP contribution in [0.5, 0.6) is 11.5 Å². The molecule has 0 aliphatic carbocycles. The fraction of sp³-hybridized carbons (Fsp3) is 0.222. The molecule has 0 saturated carbocycles. The lowest BCUT2D eigenvalue weighted by atomic mass is 10.1. The van der Waals surface area contributed by atoms with Gasteiger partial charge in [0.05, 0.1) is 0 Å². The molecule has 1 atom stereocenters. The maximum absolute atomic E-state index is 11.5. The number of para-hydroxylation sites is 1. The van der Waals surface area contributed by atoms with E-state index in [1.54, 1.807) is 36.4 Å². The molecule has 1 unspecified atom stereocenters. The number of benzene rings is 2. The molecule has 0 saturated heterocycles. The van der Waals surface area contributed by atoms with Crippen molar-refractivity contribution in [3.8, 4) is 11.5 Å². The first-order chi connectivity index (χ1) is 11.5. The van der Waals surface area contributed by atoms with E-state index in [1.165, 1.54) is 19.1 Å². The molecule has 2 rings (SSSR count). The number of carbonyl (C=O) groups excluding carboxylic acids is 1. The van der Waals surface area contributed by atoms with Gasteiger partial charge >= 0.3 is 11.9 Å². The summed E-state index contributed by atoms with van der Waals surface area (Å²) in [6.07, 6.45) is 0.269. The van der Waals surface area contributed by atoms with Crippen molar-refractivity contribution in [2.24, 2.45) is 0 Å². The molecule has 0 spiro atoms. The fourth-order valence-corrected chi connectivity index (χ4v) is 2.25. The van der Waals surface area contributed by atoms with E-state index in [2.05, 4.69) is 5.32 Å². The number of aliphatic carboxylic acids is 1. The predicted molar refractivity (Wildman–Crippen MR) is 87.8 cm³/mol. The molecule has 0 aliphatic rings. The number of ether oxygens (including phenoxy) is 1. The Kier molecular flexibility index (Phi) is 5.92. The van der Waals surface area contributed by atoms with Crippen LogP contribution >= 0.6 is 0 Å². The average Bonchev–Trinajstić information content (AvgIpc) is 2.53. The Labute approximate surface area is 139 Å². The zero-order valence-electron chi connectivity index (χ0n) is 13.2. The van der Waals surface area contributed by atoms with Gasteiger partial charge < -0.3 is 14.9 Å². The SMILES string of the molecule is CC(=O)Oc1ccccc1CNC(Cc1ccc(O)cc1)C(=O)O. The van der Waals surface area contributed by atoms with E-state index < -0.39 is 18.0 Å². The van der Waals surface area contributed by atoms with Crippen molar-refractivity contribution in [3.05, 3.63) is 59.7 Å². The van der Waals surface area contributed by atoms with Crippen molar-refractivity contribution in [2.45, 2.75) is 25.9 Å². The number of esters is 1. The van der Waals surface area contributed by atoms with Gasteiger partial charge in [0.15, 0.2) is 0 Å². The number of phenolic OH excluding ortho intramolecular Hbond substituents is 1. The van der Waals surface area contributed by atoms with Crippen LogP contribution < -0.4 is 10.1 Å². The van der Waals surface area contributed by atoms with Crippen LogP contribution in [0, 0.1) is 0 Å². The van der Waals surface area contributed by atoms with Crippen LogP contribution in [-0.4, -0.2) is 28.2 Å². The molecule has 0 bridgehead atoms. The van der Waals surface area contributed by atoms with Crippen molar-refractivity contribution in [2.75, 3.05) is 0 Å². The third-order valence-corrected chi connectivity index (χ3v) is 3.44. The summed E-state index contributed by atoms with van der Waals surface area (Å²) in [6.45, 7) is 1.56. The number of hydrogen-bond acceptors (Lipinski definition) is 5. The quantitative estimate of drug-likeness (QED) is 0.532. The summed E-state index contributed by atoms with van der Waals surface area (Å²) in [5, 5.41) is 21.6. The van der Waals surface area contributed by atoms with Crippen molar-refractivity contribution in [1.82, 2.24) is 5.32 Å². The minimum Gasteiger partial charge on any atom is -0.508 e. The highest BCUT2D eigenvalue weighted by atomic mass is 16.5. The lowest BCUT2D eigenvalue weighted by molar-refractivity contribution is -0.139. The third kappa shape index (κ3) is 5.10. The summed E-state index contributed by atoms with van der Waals surface area (Å²) in [6, 6.07) is 12.6. The monoisotopic (exact) mass is 329 g/mol. The van der Waals surface area contributed by atoms with Gasteiger partial charge in [0.1, 0.15) is 17.5 Å². The standard InChI is InChI=1S/C18H19NO5/c1-12(20)24-17-5-3-2-4-14(17)11-19-16(18(22)23)10-13-6-8-15(21)9-7-13/h2-9,16,19,21H,10-11H2,1H3,(H,22,23). The number of carboxylic acid groups (broad SMARTS) is 1.